The van der Waals surface area contributed by atoms with Crippen LogP contribution in [0.2, 0.25) is 0 Å². The van der Waals surface area contributed by atoms with Crippen LogP contribution in [-0.2, 0) is 0 Å². The van der Waals surface area contributed by atoms with E-state index in [1.54, 1.807) is 12.1 Å². The number of nitro benzene ring substituents is 1. The van der Waals surface area contributed by atoms with Crippen molar-refractivity contribution in [3.8, 4) is 0 Å². The lowest BCUT2D eigenvalue weighted by Gasteiger charge is -2.09. The van der Waals surface area contributed by atoms with E-state index in [9.17, 15) is 14.9 Å². The zero-order valence-electron chi connectivity index (χ0n) is 12.4. The molecule has 0 radical (unpaired) electrons. The summed E-state index contributed by atoms with van der Waals surface area (Å²) in [6.45, 7) is 4.87. The second-order valence-corrected chi connectivity index (χ2v) is 5.40. The van der Waals surface area contributed by atoms with E-state index in [-0.39, 0.29) is 23.2 Å². The van der Waals surface area contributed by atoms with Gasteiger partial charge in [0.15, 0.2) is 0 Å². The monoisotopic (exact) mass is 291 g/mol. The van der Waals surface area contributed by atoms with Gasteiger partial charge in [0, 0.05) is 24.3 Å². The molecule has 2 N–H and O–H groups in total. The van der Waals surface area contributed by atoms with E-state index in [4.69, 9.17) is 0 Å². The van der Waals surface area contributed by atoms with Gasteiger partial charge in [0.05, 0.1) is 4.92 Å². The average Bonchev–Trinajstić information content (AvgIpc) is 3.22. The van der Waals surface area contributed by atoms with E-state index in [1.165, 1.54) is 6.07 Å². The summed E-state index contributed by atoms with van der Waals surface area (Å²) in [6, 6.07) is 4.74. The summed E-state index contributed by atoms with van der Waals surface area (Å²) in [7, 11) is 0. The number of hydrogen-bond acceptors (Lipinski definition) is 4. The van der Waals surface area contributed by atoms with Crippen molar-refractivity contribution in [3.05, 3.63) is 33.9 Å². The van der Waals surface area contributed by atoms with Gasteiger partial charge in [-0.15, -0.1) is 0 Å². The Labute approximate surface area is 124 Å². The molecule has 1 aromatic carbocycles. The van der Waals surface area contributed by atoms with E-state index in [0.29, 0.717) is 5.92 Å². The molecule has 1 aliphatic rings. The lowest BCUT2D eigenvalue weighted by Crippen LogP contribution is -2.27. The van der Waals surface area contributed by atoms with E-state index in [2.05, 4.69) is 17.6 Å². The summed E-state index contributed by atoms with van der Waals surface area (Å²) in [5, 5.41) is 17.1. The first kappa shape index (κ1) is 15.3. The molecule has 0 spiro atoms. The number of carbonyl (C=O) groups is 1. The molecule has 6 nitrogen and oxygen atoms in total. The van der Waals surface area contributed by atoms with Gasteiger partial charge < -0.3 is 10.6 Å². The van der Waals surface area contributed by atoms with Crippen molar-refractivity contribution >= 4 is 17.3 Å². The van der Waals surface area contributed by atoms with Crippen LogP contribution in [0.5, 0.6) is 0 Å². The van der Waals surface area contributed by atoms with Gasteiger partial charge in [-0.05, 0) is 30.9 Å². The molecule has 2 unspecified atom stereocenters. The molecule has 0 bridgehead atoms. The van der Waals surface area contributed by atoms with Crippen LogP contribution in [0.25, 0.3) is 0 Å². The maximum Gasteiger partial charge on any atom is 0.282 e. The molecule has 0 aliphatic heterocycles. The normalized spacial score (nSPS) is 19.9. The minimum Gasteiger partial charge on any atom is -0.385 e. The van der Waals surface area contributed by atoms with Crippen molar-refractivity contribution in [2.75, 3.05) is 11.9 Å². The second-order valence-electron chi connectivity index (χ2n) is 5.40. The fraction of sp³-hybridized carbons (Fsp3) is 0.533. The Morgan fingerprint density at radius 3 is 2.76 bits per heavy atom. The highest BCUT2D eigenvalue weighted by Gasteiger charge is 2.37. The third-order valence-electron chi connectivity index (χ3n) is 3.78. The molecule has 1 amide bonds. The van der Waals surface area contributed by atoms with Crippen LogP contribution in [0, 0.1) is 16.0 Å². The minimum absolute atomic E-state index is 0.128. The maximum atomic E-state index is 12.3. The Kier molecular flexibility index (Phi) is 4.77. The smallest absolute Gasteiger partial charge is 0.282 e. The molecular formula is C15H21N3O3. The van der Waals surface area contributed by atoms with Gasteiger partial charge >= 0.3 is 0 Å². The van der Waals surface area contributed by atoms with Gasteiger partial charge in [0.2, 0.25) is 0 Å². The summed E-state index contributed by atoms with van der Waals surface area (Å²) in [6.07, 6.45) is 2.92. The Bertz CT molecular complexity index is 545. The summed E-state index contributed by atoms with van der Waals surface area (Å²) in [5.74, 6) is 0.150. The van der Waals surface area contributed by atoms with Gasteiger partial charge in [0.25, 0.3) is 11.6 Å². The summed E-state index contributed by atoms with van der Waals surface area (Å²) in [4.78, 5) is 22.8. The fourth-order valence-electron chi connectivity index (χ4n) is 2.38. The first-order valence-corrected chi connectivity index (χ1v) is 7.40. The third-order valence-corrected chi connectivity index (χ3v) is 3.78. The van der Waals surface area contributed by atoms with Crippen LogP contribution in [0.1, 0.15) is 43.5 Å². The molecule has 1 fully saturated rings. The van der Waals surface area contributed by atoms with Crippen LogP contribution < -0.4 is 10.6 Å². The number of nitrogens with zero attached hydrogens (tertiary/aromatic N) is 1. The standard InChI is InChI=1S/C15H21N3O3/c1-3-7-16-11-5-6-14(18(20)21)12(9-11)15(19)17-13-8-10(13)4-2/h5-6,9-10,13,16H,3-4,7-8H2,1-2H3,(H,17,19). The lowest BCUT2D eigenvalue weighted by molar-refractivity contribution is -0.385. The summed E-state index contributed by atoms with van der Waals surface area (Å²) < 4.78 is 0. The Morgan fingerprint density at radius 1 is 1.43 bits per heavy atom. The quantitative estimate of drug-likeness (QED) is 0.597. The lowest BCUT2D eigenvalue weighted by atomic mass is 10.1. The van der Waals surface area contributed by atoms with E-state index < -0.39 is 4.92 Å². The molecular weight excluding hydrogens is 270 g/mol. The van der Waals surface area contributed by atoms with Gasteiger partial charge in [-0.2, -0.15) is 0 Å². The predicted molar refractivity (Wildman–Crippen MR) is 81.5 cm³/mol. The molecule has 1 aliphatic carbocycles. The number of anilines is 1. The van der Waals surface area contributed by atoms with E-state index in [0.717, 1.165) is 31.5 Å². The highest BCUT2D eigenvalue weighted by molar-refractivity contribution is 5.99. The first-order chi connectivity index (χ1) is 10.1. The zero-order valence-corrected chi connectivity index (χ0v) is 12.4. The van der Waals surface area contributed by atoms with Crippen LogP contribution in [0.15, 0.2) is 18.2 Å². The number of amides is 1. The molecule has 1 saturated carbocycles. The first-order valence-electron chi connectivity index (χ1n) is 7.40. The molecule has 0 heterocycles. The van der Waals surface area contributed by atoms with Gasteiger partial charge in [0.1, 0.15) is 5.56 Å². The van der Waals surface area contributed by atoms with Gasteiger partial charge in [-0.1, -0.05) is 20.3 Å². The predicted octanol–water partition coefficient (Wildman–Crippen LogP) is 2.95. The van der Waals surface area contributed by atoms with Crippen LogP contribution >= 0.6 is 0 Å². The fourth-order valence-corrected chi connectivity index (χ4v) is 2.38. The number of benzene rings is 1. The van der Waals surface area contributed by atoms with Crippen molar-refractivity contribution in [2.45, 2.75) is 39.2 Å². The van der Waals surface area contributed by atoms with Gasteiger partial charge in [-0.3, -0.25) is 14.9 Å². The molecule has 1 aromatic rings. The van der Waals surface area contributed by atoms with Crippen molar-refractivity contribution in [1.29, 1.82) is 0 Å². The van der Waals surface area contributed by atoms with E-state index in [1.807, 2.05) is 6.92 Å². The van der Waals surface area contributed by atoms with Crippen molar-refractivity contribution < 1.29 is 9.72 Å². The second kappa shape index (κ2) is 6.56. The van der Waals surface area contributed by atoms with Crippen molar-refractivity contribution in [3.63, 3.8) is 0 Å². The Hall–Kier alpha value is -2.11. The molecule has 0 aromatic heterocycles. The molecule has 6 heteroatoms. The Morgan fingerprint density at radius 2 is 2.19 bits per heavy atom. The number of carbonyl (C=O) groups excluding carboxylic acids is 1. The van der Waals surface area contributed by atoms with Crippen LogP contribution in [0.3, 0.4) is 0 Å². The highest BCUT2D eigenvalue weighted by atomic mass is 16.6. The molecule has 2 atom stereocenters. The summed E-state index contributed by atoms with van der Waals surface area (Å²) >= 11 is 0. The SMILES string of the molecule is CCCNc1ccc([N+](=O)[O-])c(C(=O)NC2CC2CC)c1. The van der Waals surface area contributed by atoms with Gasteiger partial charge in [-0.25, -0.2) is 0 Å². The molecule has 21 heavy (non-hydrogen) atoms. The molecule has 2 rings (SSSR count). The largest absolute Gasteiger partial charge is 0.385 e. The maximum absolute atomic E-state index is 12.3. The van der Waals surface area contributed by atoms with Crippen LogP contribution in [0.4, 0.5) is 11.4 Å². The molecule has 0 saturated heterocycles. The number of rotatable bonds is 7. The highest BCUT2D eigenvalue weighted by Crippen LogP contribution is 2.34. The Balaban J connectivity index is 2.17. The average molecular weight is 291 g/mol. The zero-order chi connectivity index (χ0) is 15.4. The van der Waals surface area contributed by atoms with Crippen molar-refractivity contribution in [2.24, 2.45) is 5.92 Å². The number of hydrogen-bond donors (Lipinski definition) is 2. The number of nitrogens with one attached hydrogen (secondary N) is 2. The minimum atomic E-state index is -0.511. The summed E-state index contributed by atoms with van der Waals surface area (Å²) in [5.41, 5.74) is 0.710. The van der Waals surface area contributed by atoms with Crippen LogP contribution in [-0.4, -0.2) is 23.4 Å². The number of nitro groups is 1. The third kappa shape index (κ3) is 3.71. The van der Waals surface area contributed by atoms with E-state index >= 15 is 0 Å². The topological polar surface area (TPSA) is 84.3 Å². The molecule has 114 valence electrons. The van der Waals surface area contributed by atoms with Crippen molar-refractivity contribution in [1.82, 2.24) is 5.32 Å².